The summed E-state index contributed by atoms with van der Waals surface area (Å²) in [5.41, 5.74) is 1.08. The number of pyridine rings is 1. The number of likely N-dealkylation sites (tertiary alicyclic amines) is 1. The minimum atomic E-state index is 0.0421. The Morgan fingerprint density at radius 1 is 1.15 bits per heavy atom. The predicted octanol–water partition coefficient (Wildman–Crippen LogP) is 3.48. The molecule has 1 aliphatic rings. The summed E-state index contributed by atoms with van der Waals surface area (Å²) in [4.78, 5) is 19.1. The van der Waals surface area contributed by atoms with Gasteiger partial charge < -0.3 is 14.4 Å². The second-order valence-corrected chi connectivity index (χ2v) is 6.54. The average molecular weight is 354 g/mol. The number of benzene rings is 1. The first-order valence-corrected chi connectivity index (χ1v) is 9.23. The van der Waals surface area contributed by atoms with Crippen molar-refractivity contribution < 1.29 is 14.3 Å². The van der Waals surface area contributed by atoms with Crippen LogP contribution in [0.1, 0.15) is 31.4 Å². The van der Waals surface area contributed by atoms with Crippen molar-refractivity contribution in [1.82, 2.24) is 9.88 Å². The monoisotopic (exact) mass is 354 g/mol. The van der Waals surface area contributed by atoms with Crippen molar-refractivity contribution in [3.8, 4) is 11.5 Å². The van der Waals surface area contributed by atoms with Crippen LogP contribution >= 0.6 is 0 Å². The van der Waals surface area contributed by atoms with Crippen LogP contribution in [0.4, 0.5) is 0 Å². The van der Waals surface area contributed by atoms with Crippen molar-refractivity contribution in [1.29, 1.82) is 0 Å². The summed E-state index contributed by atoms with van der Waals surface area (Å²) in [7, 11) is 1.60. The lowest BCUT2D eigenvalue weighted by Crippen LogP contribution is -2.46. The SMILES string of the molecule is COc1ccccc1OCC(=O)N1CCCCC1CCc1ccccn1. The minimum absolute atomic E-state index is 0.0421. The van der Waals surface area contributed by atoms with Gasteiger partial charge in [0, 0.05) is 24.5 Å². The van der Waals surface area contributed by atoms with E-state index in [0.717, 1.165) is 37.9 Å². The molecule has 2 aromatic rings. The summed E-state index contributed by atoms with van der Waals surface area (Å²) in [5.74, 6) is 1.29. The summed E-state index contributed by atoms with van der Waals surface area (Å²) in [6.07, 6.45) is 6.93. The number of hydrogen-bond acceptors (Lipinski definition) is 4. The molecule has 0 aliphatic carbocycles. The molecule has 1 aromatic heterocycles. The highest BCUT2D eigenvalue weighted by Crippen LogP contribution is 2.26. The Bertz CT molecular complexity index is 705. The Morgan fingerprint density at radius 2 is 1.96 bits per heavy atom. The summed E-state index contributed by atoms with van der Waals surface area (Å²) in [6, 6.07) is 13.6. The zero-order valence-electron chi connectivity index (χ0n) is 15.3. The Labute approximate surface area is 155 Å². The molecule has 1 fully saturated rings. The van der Waals surface area contributed by atoms with E-state index in [4.69, 9.17) is 9.47 Å². The molecular weight excluding hydrogens is 328 g/mol. The van der Waals surface area contributed by atoms with Crippen molar-refractivity contribution >= 4 is 5.91 Å². The van der Waals surface area contributed by atoms with Gasteiger partial charge in [0.15, 0.2) is 18.1 Å². The van der Waals surface area contributed by atoms with E-state index in [2.05, 4.69) is 4.98 Å². The first-order valence-electron chi connectivity index (χ1n) is 9.23. The van der Waals surface area contributed by atoms with E-state index < -0.39 is 0 Å². The molecule has 3 rings (SSSR count). The Balaban J connectivity index is 1.57. The number of aryl methyl sites for hydroxylation is 1. The number of ether oxygens (including phenoxy) is 2. The zero-order valence-corrected chi connectivity index (χ0v) is 15.3. The molecule has 2 heterocycles. The van der Waals surface area contributed by atoms with Crippen LogP contribution in [0.25, 0.3) is 0 Å². The average Bonchev–Trinajstić information content (AvgIpc) is 2.71. The van der Waals surface area contributed by atoms with Crippen LogP contribution in [0.5, 0.6) is 11.5 Å². The van der Waals surface area contributed by atoms with Gasteiger partial charge in [0.25, 0.3) is 5.91 Å². The van der Waals surface area contributed by atoms with Gasteiger partial charge in [-0.3, -0.25) is 9.78 Å². The van der Waals surface area contributed by atoms with E-state index in [9.17, 15) is 4.79 Å². The summed E-state index contributed by atoms with van der Waals surface area (Å²) < 4.78 is 11.0. The van der Waals surface area contributed by atoms with E-state index in [0.29, 0.717) is 11.5 Å². The lowest BCUT2D eigenvalue weighted by atomic mass is 9.97. The van der Waals surface area contributed by atoms with E-state index in [-0.39, 0.29) is 18.6 Å². The maximum atomic E-state index is 12.7. The molecule has 1 atom stereocenters. The Morgan fingerprint density at radius 3 is 2.73 bits per heavy atom. The van der Waals surface area contributed by atoms with E-state index >= 15 is 0 Å². The van der Waals surface area contributed by atoms with Crippen molar-refractivity contribution in [2.75, 3.05) is 20.3 Å². The van der Waals surface area contributed by atoms with Gasteiger partial charge in [0.1, 0.15) is 0 Å². The second-order valence-electron chi connectivity index (χ2n) is 6.54. The number of carbonyl (C=O) groups excluding carboxylic acids is 1. The third-order valence-corrected chi connectivity index (χ3v) is 4.83. The fraction of sp³-hybridized carbons (Fsp3) is 0.429. The number of aromatic nitrogens is 1. The number of para-hydroxylation sites is 2. The normalized spacial score (nSPS) is 17.0. The van der Waals surface area contributed by atoms with Crippen LogP contribution in [0.2, 0.25) is 0 Å². The molecule has 1 aliphatic heterocycles. The molecular formula is C21H26N2O3. The standard InChI is InChI=1S/C21H26N2O3/c1-25-19-10-2-3-11-20(19)26-16-21(24)23-15-7-5-9-18(23)13-12-17-8-4-6-14-22-17/h2-4,6,8,10-11,14,18H,5,7,9,12-13,15-16H2,1H3. The molecule has 1 aromatic carbocycles. The number of rotatable bonds is 7. The molecule has 5 nitrogen and oxygen atoms in total. The van der Waals surface area contributed by atoms with Crippen molar-refractivity contribution in [2.24, 2.45) is 0 Å². The summed E-state index contributed by atoms with van der Waals surface area (Å²) in [5, 5.41) is 0. The fourth-order valence-corrected chi connectivity index (χ4v) is 3.45. The van der Waals surface area contributed by atoms with Crippen LogP contribution in [-0.4, -0.2) is 42.1 Å². The smallest absolute Gasteiger partial charge is 0.260 e. The van der Waals surface area contributed by atoms with E-state index in [1.54, 1.807) is 7.11 Å². The highest BCUT2D eigenvalue weighted by molar-refractivity contribution is 5.78. The largest absolute Gasteiger partial charge is 0.493 e. The van der Waals surface area contributed by atoms with Gasteiger partial charge >= 0.3 is 0 Å². The quantitative estimate of drug-likeness (QED) is 0.764. The van der Waals surface area contributed by atoms with E-state index in [1.807, 2.05) is 53.6 Å². The predicted molar refractivity (Wildman–Crippen MR) is 100 cm³/mol. The molecule has 1 saturated heterocycles. The van der Waals surface area contributed by atoms with Gasteiger partial charge in [-0.15, -0.1) is 0 Å². The number of amides is 1. The molecule has 1 unspecified atom stereocenters. The van der Waals surface area contributed by atoms with E-state index in [1.165, 1.54) is 6.42 Å². The summed E-state index contributed by atoms with van der Waals surface area (Å²) >= 11 is 0. The minimum Gasteiger partial charge on any atom is -0.493 e. The first kappa shape index (κ1) is 18.2. The van der Waals surface area contributed by atoms with Crippen LogP contribution in [0, 0.1) is 0 Å². The van der Waals surface area contributed by atoms with Crippen molar-refractivity contribution in [3.63, 3.8) is 0 Å². The third kappa shape index (κ3) is 4.75. The highest BCUT2D eigenvalue weighted by atomic mass is 16.5. The highest BCUT2D eigenvalue weighted by Gasteiger charge is 2.26. The van der Waals surface area contributed by atoms with Crippen LogP contribution in [-0.2, 0) is 11.2 Å². The topological polar surface area (TPSA) is 51.7 Å². The second kappa shape index (κ2) is 9.22. The maximum Gasteiger partial charge on any atom is 0.260 e. The van der Waals surface area contributed by atoms with Crippen molar-refractivity contribution in [3.05, 3.63) is 54.4 Å². The number of nitrogens with zero attached hydrogens (tertiary/aromatic N) is 2. The molecule has 0 saturated carbocycles. The summed E-state index contributed by atoms with van der Waals surface area (Å²) in [6.45, 7) is 0.849. The van der Waals surface area contributed by atoms with Gasteiger partial charge in [-0.2, -0.15) is 0 Å². The van der Waals surface area contributed by atoms with Crippen LogP contribution < -0.4 is 9.47 Å². The lowest BCUT2D eigenvalue weighted by Gasteiger charge is -2.35. The first-order chi connectivity index (χ1) is 12.8. The van der Waals surface area contributed by atoms with Gasteiger partial charge in [0.2, 0.25) is 0 Å². The molecule has 0 N–H and O–H groups in total. The van der Waals surface area contributed by atoms with Gasteiger partial charge in [-0.25, -0.2) is 0 Å². The molecule has 0 spiro atoms. The van der Waals surface area contributed by atoms with Crippen LogP contribution in [0.3, 0.4) is 0 Å². The lowest BCUT2D eigenvalue weighted by molar-refractivity contribution is -0.137. The molecule has 0 bridgehead atoms. The molecule has 0 radical (unpaired) electrons. The molecule has 1 amide bonds. The third-order valence-electron chi connectivity index (χ3n) is 4.83. The zero-order chi connectivity index (χ0) is 18.2. The van der Waals surface area contributed by atoms with Gasteiger partial charge in [-0.1, -0.05) is 18.2 Å². The van der Waals surface area contributed by atoms with Gasteiger partial charge in [-0.05, 0) is 56.4 Å². The number of hydrogen-bond donors (Lipinski definition) is 0. The number of carbonyl (C=O) groups is 1. The number of piperidine rings is 1. The molecule has 26 heavy (non-hydrogen) atoms. The maximum absolute atomic E-state index is 12.7. The molecule has 5 heteroatoms. The van der Waals surface area contributed by atoms with Gasteiger partial charge in [0.05, 0.1) is 7.11 Å². The number of methoxy groups -OCH3 is 1. The fourth-order valence-electron chi connectivity index (χ4n) is 3.45. The van der Waals surface area contributed by atoms with Crippen molar-refractivity contribution in [2.45, 2.75) is 38.1 Å². The Hall–Kier alpha value is -2.56. The molecule has 138 valence electrons. The Kier molecular flexibility index (Phi) is 6.47. The van der Waals surface area contributed by atoms with Crippen LogP contribution in [0.15, 0.2) is 48.7 Å².